The largest absolute Gasteiger partial charge is 0.414 e. The predicted molar refractivity (Wildman–Crippen MR) is 120 cm³/mol. The Hall–Kier alpha value is -2.75. The second kappa shape index (κ2) is 8.97. The number of pyridine rings is 1. The summed E-state index contributed by atoms with van der Waals surface area (Å²) in [5.74, 6) is -1.11. The van der Waals surface area contributed by atoms with Gasteiger partial charge in [-0.3, -0.25) is 0 Å². The van der Waals surface area contributed by atoms with Crippen LogP contribution in [0.2, 0.25) is 0 Å². The SMILES string of the molecule is C[C@H]1CN(c2cc(S(=O)(=O)NC3(C(F)F)COC3)cn3c(-c4nnc(C(F)F)o4)ccc23)C[C@H](C)N1. The van der Waals surface area contributed by atoms with E-state index in [0.717, 1.165) is 0 Å². The maximum Gasteiger partial charge on any atom is 0.314 e. The lowest BCUT2D eigenvalue weighted by atomic mass is 10.0. The van der Waals surface area contributed by atoms with Crippen LogP contribution in [-0.2, 0) is 14.8 Å². The number of hydrogen-bond acceptors (Lipinski definition) is 8. The summed E-state index contributed by atoms with van der Waals surface area (Å²) < 4.78 is 93.5. The van der Waals surface area contributed by atoms with Crippen LogP contribution >= 0.6 is 0 Å². The molecule has 0 unspecified atom stereocenters. The van der Waals surface area contributed by atoms with E-state index in [4.69, 9.17) is 9.15 Å². The molecule has 0 saturated carbocycles. The van der Waals surface area contributed by atoms with Crippen molar-refractivity contribution >= 4 is 21.2 Å². The van der Waals surface area contributed by atoms with E-state index < -0.39 is 47.5 Å². The van der Waals surface area contributed by atoms with Crippen molar-refractivity contribution in [2.75, 3.05) is 31.2 Å². The first-order chi connectivity index (χ1) is 17.0. The molecule has 5 heterocycles. The molecule has 0 spiro atoms. The van der Waals surface area contributed by atoms with E-state index in [1.165, 1.54) is 16.7 Å². The van der Waals surface area contributed by atoms with E-state index in [9.17, 15) is 26.0 Å². The third-order valence-electron chi connectivity index (χ3n) is 6.25. The van der Waals surface area contributed by atoms with Gasteiger partial charge in [0.2, 0.25) is 10.0 Å². The topological polar surface area (TPSA) is 114 Å². The molecule has 5 rings (SSSR count). The minimum absolute atomic E-state index is 0.0837. The van der Waals surface area contributed by atoms with Crippen molar-refractivity contribution in [2.45, 2.75) is 49.2 Å². The fourth-order valence-corrected chi connectivity index (χ4v) is 5.94. The maximum atomic E-state index is 13.7. The molecule has 0 bridgehead atoms. The minimum Gasteiger partial charge on any atom is -0.414 e. The van der Waals surface area contributed by atoms with E-state index in [0.29, 0.717) is 24.3 Å². The molecule has 0 radical (unpaired) electrons. The Bertz CT molecular complexity index is 1360. The van der Waals surface area contributed by atoms with E-state index in [1.807, 2.05) is 18.7 Å². The third kappa shape index (κ3) is 4.33. The van der Waals surface area contributed by atoms with Gasteiger partial charge in [0.05, 0.1) is 24.4 Å². The van der Waals surface area contributed by atoms with Gasteiger partial charge in [-0.2, -0.15) is 13.5 Å². The van der Waals surface area contributed by atoms with Crippen LogP contribution in [0.15, 0.2) is 33.7 Å². The zero-order valence-electron chi connectivity index (χ0n) is 19.3. The predicted octanol–water partition coefficient (Wildman–Crippen LogP) is 2.43. The molecule has 15 heteroatoms. The van der Waals surface area contributed by atoms with Gasteiger partial charge < -0.3 is 23.8 Å². The van der Waals surface area contributed by atoms with Crippen LogP contribution in [0.4, 0.5) is 23.2 Å². The number of hydrogen-bond donors (Lipinski definition) is 2. The van der Waals surface area contributed by atoms with Crippen molar-refractivity contribution in [1.82, 2.24) is 24.6 Å². The number of nitrogens with zero attached hydrogens (tertiary/aromatic N) is 4. The van der Waals surface area contributed by atoms with Crippen molar-refractivity contribution in [3.8, 4) is 11.6 Å². The third-order valence-corrected chi connectivity index (χ3v) is 7.76. The summed E-state index contributed by atoms with van der Waals surface area (Å²) in [6, 6.07) is 4.81. The number of sulfonamides is 1. The summed E-state index contributed by atoms with van der Waals surface area (Å²) in [4.78, 5) is 1.69. The minimum atomic E-state index is -4.45. The van der Waals surface area contributed by atoms with Crippen LogP contribution in [0.1, 0.15) is 26.2 Å². The molecule has 3 aromatic heterocycles. The molecule has 2 N–H and O–H groups in total. The van der Waals surface area contributed by atoms with Crippen molar-refractivity contribution < 1.29 is 35.1 Å². The smallest absolute Gasteiger partial charge is 0.314 e. The van der Waals surface area contributed by atoms with E-state index >= 15 is 0 Å². The number of alkyl halides is 4. The Labute approximate surface area is 203 Å². The molecular weight excluding hydrogens is 508 g/mol. The number of halogens is 4. The summed E-state index contributed by atoms with van der Waals surface area (Å²) in [6.45, 7) is 4.14. The van der Waals surface area contributed by atoms with Gasteiger partial charge in [0.1, 0.15) is 16.1 Å². The Morgan fingerprint density at radius 2 is 1.83 bits per heavy atom. The summed E-state index contributed by atoms with van der Waals surface area (Å²) in [5.41, 5.74) is -0.773. The fraction of sp³-hybridized carbons (Fsp3) is 0.524. The number of aromatic nitrogens is 3. The standard InChI is InChI=1S/C21H24F4N6O4S/c1-11-6-30(7-12(2)26-11)16-5-13(36(32,33)29-21(20(24)25)9-34-10-21)8-31-14(16)3-4-15(31)18-27-28-19(35-18)17(22)23/h3-5,8,11-12,17,20,26,29H,6-7,9-10H2,1-2H3/t11-,12-/m0/s1. The average Bonchev–Trinajstić information content (AvgIpc) is 3.41. The summed E-state index contributed by atoms with van der Waals surface area (Å²) in [6.07, 6.45) is -4.74. The van der Waals surface area contributed by atoms with Crippen molar-refractivity contribution in [1.29, 1.82) is 0 Å². The average molecular weight is 533 g/mol. The van der Waals surface area contributed by atoms with Gasteiger partial charge in [-0.15, -0.1) is 10.2 Å². The van der Waals surface area contributed by atoms with Gasteiger partial charge in [-0.25, -0.2) is 17.2 Å². The second-order valence-electron chi connectivity index (χ2n) is 9.21. The summed E-state index contributed by atoms with van der Waals surface area (Å²) >= 11 is 0. The molecule has 3 aromatic rings. The molecule has 2 saturated heterocycles. The lowest BCUT2D eigenvalue weighted by molar-refractivity contribution is -0.134. The van der Waals surface area contributed by atoms with Crippen molar-refractivity contribution in [2.24, 2.45) is 0 Å². The van der Waals surface area contributed by atoms with Gasteiger partial charge in [-0.1, -0.05) is 0 Å². The summed E-state index contributed by atoms with van der Waals surface area (Å²) in [5, 5.41) is 10.4. The molecule has 2 aliphatic rings. The highest BCUT2D eigenvalue weighted by Crippen LogP contribution is 2.34. The first-order valence-corrected chi connectivity index (χ1v) is 12.7. The van der Waals surface area contributed by atoms with Crippen LogP contribution in [0.25, 0.3) is 17.1 Å². The number of ether oxygens (including phenoxy) is 1. The monoisotopic (exact) mass is 532 g/mol. The van der Waals surface area contributed by atoms with Crippen LogP contribution in [-0.4, -0.2) is 73.4 Å². The molecule has 36 heavy (non-hydrogen) atoms. The second-order valence-corrected chi connectivity index (χ2v) is 10.9. The summed E-state index contributed by atoms with van der Waals surface area (Å²) in [7, 11) is -4.45. The first kappa shape index (κ1) is 24.9. The molecule has 2 aliphatic heterocycles. The van der Waals surface area contributed by atoms with Crippen LogP contribution in [0.3, 0.4) is 0 Å². The zero-order chi connectivity index (χ0) is 25.8. The van der Waals surface area contributed by atoms with Gasteiger partial charge >= 0.3 is 6.43 Å². The molecular formula is C21H24F4N6O4S. The molecule has 0 aliphatic carbocycles. The molecule has 2 atom stereocenters. The molecule has 10 nitrogen and oxygen atoms in total. The molecule has 196 valence electrons. The van der Waals surface area contributed by atoms with E-state index in [2.05, 4.69) is 20.2 Å². The Kier molecular flexibility index (Phi) is 6.21. The van der Waals surface area contributed by atoms with Gasteiger partial charge in [0, 0.05) is 31.4 Å². The lowest BCUT2D eigenvalue weighted by Gasteiger charge is -2.40. The highest BCUT2D eigenvalue weighted by atomic mass is 32.2. The van der Waals surface area contributed by atoms with Crippen LogP contribution in [0.5, 0.6) is 0 Å². The Morgan fingerprint density at radius 1 is 1.14 bits per heavy atom. The van der Waals surface area contributed by atoms with Crippen molar-refractivity contribution in [3.05, 3.63) is 30.3 Å². The number of nitrogens with one attached hydrogen (secondary N) is 2. The number of piperazine rings is 1. The lowest BCUT2D eigenvalue weighted by Crippen LogP contribution is -2.66. The molecule has 2 fully saturated rings. The normalized spacial score (nSPS) is 22.5. The first-order valence-electron chi connectivity index (χ1n) is 11.2. The van der Waals surface area contributed by atoms with Crippen molar-refractivity contribution in [3.63, 3.8) is 0 Å². The highest BCUT2D eigenvalue weighted by Gasteiger charge is 2.50. The van der Waals surface area contributed by atoms with Crippen LogP contribution in [0, 0.1) is 0 Å². The Morgan fingerprint density at radius 3 is 2.39 bits per heavy atom. The quantitative estimate of drug-likeness (QED) is 0.446. The highest BCUT2D eigenvalue weighted by molar-refractivity contribution is 7.89. The number of anilines is 1. The number of rotatable bonds is 7. The Balaban J connectivity index is 1.65. The number of fused-ring (bicyclic) bond motifs is 1. The van der Waals surface area contributed by atoms with Crippen LogP contribution < -0.4 is 14.9 Å². The molecule has 0 aromatic carbocycles. The van der Waals surface area contributed by atoms with Gasteiger partial charge in [-0.05, 0) is 32.0 Å². The van der Waals surface area contributed by atoms with Gasteiger partial charge in [0.15, 0.2) is 0 Å². The zero-order valence-corrected chi connectivity index (χ0v) is 20.1. The fourth-order valence-electron chi connectivity index (χ4n) is 4.57. The molecule has 0 amide bonds. The van der Waals surface area contributed by atoms with Gasteiger partial charge in [0.25, 0.3) is 18.2 Å². The van der Waals surface area contributed by atoms with E-state index in [1.54, 1.807) is 12.1 Å². The maximum absolute atomic E-state index is 13.7. The van der Waals surface area contributed by atoms with E-state index in [-0.39, 0.29) is 28.6 Å².